The van der Waals surface area contributed by atoms with Gasteiger partial charge >= 0.3 is 0 Å². The molecule has 0 heterocycles. The average Bonchev–Trinajstić information content (AvgIpc) is 2.29. The van der Waals surface area contributed by atoms with Crippen molar-refractivity contribution < 1.29 is 4.74 Å². The first-order valence-electron chi connectivity index (χ1n) is 5.52. The van der Waals surface area contributed by atoms with E-state index in [1.54, 1.807) is 7.11 Å². The topological polar surface area (TPSA) is 35.2 Å². The van der Waals surface area contributed by atoms with Crippen LogP contribution < -0.4 is 10.5 Å². The van der Waals surface area contributed by atoms with Gasteiger partial charge in [-0.2, -0.15) is 0 Å². The number of hydrogen-bond acceptors (Lipinski definition) is 2. The molecule has 2 nitrogen and oxygen atoms in total. The number of fused-ring (bicyclic) bond motifs is 1. The van der Waals surface area contributed by atoms with E-state index in [0.717, 1.165) is 12.2 Å². The van der Waals surface area contributed by atoms with Crippen LogP contribution in [0.15, 0.2) is 30.3 Å². The molecule has 2 aromatic carbocycles. The highest BCUT2D eigenvalue weighted by atomic mass is 16.5. The monoisotopic (exact) mass is 215 g/mol. The first kappa shape index (κ1) is 11.0. The Balaban J connectivity index is 2.63. The van der Waals surface area contributed by atoms with Gasteiger partial charge in [0.1, 0.15) is 5.75 Å². The predicted molar refractivity (Wildman–Crippen MR) is 68.0 cm³/mol. The summed E-state index contributed by atoms with van der Waals surface area (Å²) in [5.74, 6) is 0.935. The van der Waals surface area contributed by atoms with Crippen LogP contribution in [-0.4, -0.2) is 13.7 Å². The summed E-state index contributed by atoms with van der Waals surface area (Å²) in [5, 5.41) is 2.39. The Morgan fingerprint density at radius 3 is 2.69 bits per heavy atom. The SMILES string of the molecule is COc1cc(CCN)cc2ccc(C)cc12. The van der Waals surface area contributed by atoms with Crippen molar-refractivity contribution in [2.75, 3.05) is 13.7 Å². The van der Waals surface area contributed by atoms with Gasteiger partial charge in [-0.1, -0.05) is 23.8 Å². The Labute approximate surface area is 96.0 Å². The zero-order valence-corrected chi connectivity index (χ0v) is 9.79. The summed E-state index contributed by atoms with van der Waals surface area (Å²) in [4.78, 5) is 0. The first-order chi connectivity index (χ1) is 7.74. The quantitative estimate of drug-likeness (QED) is 0.854. The lowest BCUT2D eigenvalue weighted by Gasteiger charge is -2.09. The normalized spacial score (nSPS) is 10.7. The Morgan fingerprint density at radius 1 is 1.19 bits per heavy atom. The summed E-state index contributed by atoms with van der Waals surface area (Å²) in [6, 6.07) is 10.7. The molecule has 0 fully saturated rings. The smallest absolute Gasteiger partial charge is 0.126 e. The predicted octanol–water partition coefficient (Wildman–Crippen LogP) is 2.66. The van der Waals surface area contributed by atoms with Crippen LogP contribution in [0.4, 0.5) is 0 Å². The second-order valence-electron chi connectivity index (χ2n) is 4.06. The Kier molecular flexibility index (Phi) is 3.11. The fourth-order valence-corrected chi connectivity index (χ4v) is 1.98. The highest BCUT2D eigenvalue weighted by molar-refractivity contribution is 5.89. The molecule has 0 atom stereocenters. The van der Waals surface area contributed by atoms with E-state index in [2.05, 4.69) is 37.3 Å². The van der Waals surface area contributed by atoms with E-state index >= 15 is 0 Å². The lowest BCUT2D eigenvalue weighted by molar-refractivity contribution is 0.419. The van der Waals surface area contributed by atoms with Gasteiger partial charge in [0, 0.05) is 5.39 Å². The molecule has 2 heteroatoms. The molecule has 2 rings (SSSR count). The molecule has 0 bridgehead atoms. The number of nitrogens with two attached hydrogens (primary N) is 1. The van der Waals surface area contributed by atoms with E-state index < -0.39 is 0 Å². The van der Waals surface area contributed by atoms with Crippen LogP contribution in [0.2, 0.25) is 0 Å². The number of benzene rings is 2. The molecule has 2 N–H and O–H groups in total. The number of rotatable bonds is 3. The summed E-state index contributed by atoms with van der Waals surface area (Å²) in [6.07, 6.45) is 0.889. The van der Waals surface area contributed by atoms with Crippen LogP contribution in [0.25, 0.3) is 10.8 Å². The third kappa shape index (κ3) is 2.02. The molecule has 0 aliphatic rings. The molecular weight excluding hydrogens is 198 g/mol. The molecule has 0 saturated carbocycles. The van der Waals surface area contributed by atoms with Gasteiger partial charge in [0.2, 0.25) is 0 Å². The van der Waals surface area contributed by atoms with Crippen molar-refractivity contribution in [3.05, 3.63) is 41.5 Å². The average molecular weight is 215 g/mol. The van der Waals surface area contributed by atoms with E-state index in [0.29, 0.717) is 6.54 Å². The Morgan fingerprint density at radius 2 is 2.00 bits per heavy atom. The molecule has 0 aliphatic heterocycles. The Bertz CT molecular complexity index is 505. The molecule has 2 aromatic rings. The van der Waals surface area contributed by atoms with Gasteiger partial charge in [0.15, 0.2) is 0 Å². The summed E-state index contributed by atoms with van der Waals surface area (Å²) >= 11 is 0. The van der Waals surface area contributed by atoms with E-state index in [1.807, 2.05) is 0 Å². The summed E-state index contributed by atoms with van der Waals surface area (Å²) in [6.45, 7) is 2.76. The van der Waals surface area contributed by atoms with Gasteiger partial charge in [-0.3, -0.25) is 0 Å². The molecule has 84 valence electrons. The molecule has 0 amide bonds. The van der Waals surface area contributed by atoms with Gasteiger partial charge in [-0.05, 0) is 43.0 Å². The van der Waals surface area contributed by atoms with Gasteiger partial charge in [-0.15, -0.1) is 0 Å². The maximum Gasteiger partial charge on any atom is 0.126 e. The van der Waals surface area contributed by atoms with Crippen LogP contribution >= 0.6 is 0 Å². The number of ether oxygens (including phenoxy) is 1. The highest BCUT2D eigenvalue weighted by Crippen LogP contribution is 2.28. The van der Waals surface area contributed by atoms with Crippen molar-refractivity contribution in [2.45, 2.75) is 13.3 Å². The van der Waals surface area contributed by atoms with Crippen molar-refractivity contribution in [3.63, 3.8) is 0 Å². The van der Waals surface area contributed by atoms with Crippen LogP contribution in [-0.2, 0) is 6.42 Å². The van der Waals surface area contributed by atoms with E-state index in [-0.39, 0.29) is 0 Å². The molecule has 0 aromatic heterocycles. The maximum atomic E-state index is 5.58. The third-order valence-electron chi connectivity index (χ3n) is 2.78. The second-order valence-corrected chi connectivity index (χ2v) is 4.06. The number of hydrogen-bond donors (Lipinski definition) is 1. The van der Waals surface area contributed by atoms with Gasteiger partial charge in [0.05, 0.1) is 7.11 Å². The lowest BCUT2D eigenvalue weighted by Crippen LogP contribution is -2.03. The van der Waals surface area contributed by atoms with Crippen LogP contribution in [0.5, 0.6) is 5.75 Å². The Hall–Kier alpha value is -1.54. The third-order valence-corrected chi connectivity index (χ3v) is 2.78. The molecule has 16 heavy (non-hydrogen) atoms. The van der Waals surface area contributed by atoms with Crippen LogP contribution in [0.3, 0.4) is 0 Å². The summed E-state index contributed by atoms with van der Waals surface area (Å²) < 4.78 is 5.43. The van der Waals surface area contributed by atoms with Crippen molar-refractivity contribution in [2.24, 2.45) is 5.73 Å². The minimum Gasteiger partial charge on any atom is -0.496 e. The number of aryl methyl sites for hydroxylation is 1. The summed E-state index contributed by atoms with van der Waals surface area (Å²) in [5.41, 5.74) is 8.06. The standard InChI is InChI=1S/C14H17NO/c1-10-3-4-12-8-11(5-6-15)9-14(16-2)13(12)7-10/h3-4,7-9H,5-6,15H2,1-2H3. The van der Waals surface area contributed by atoms with Crippen molar-refractivity contribution >= 4 is 10.8 Å². The molecular formula is C14H17NO. The van der Waals surface area contributed by atoms with E-state index in [1.165, 1.54) is 21.9 Å². The zero-order valence-electron chi connectivity index (χ0n) is 9.79. The first-order valence-corrected chi connectivity index (χ1v) is 5.52. The molecule has 0 spiro atoms. The summed E-state index contributed by atoms with van der Waals surface area (Å²) in [7, 11) is 1.71. The van der Waals surface area contributed by atoms with E-state index in [4.69, 9.17) is 10.5 Å². The van der Waals surface area contributed by atoms with Crippen LogP contribution in [0, 0.1) is 6.92 Å². The van der Waals surface area contributed by atoms with Crippen molar-refractivity contribution in [1.82, 2.24) is 0 Å². The lowest BCUT2D eigenvalue weighted by atomic mass is 10.0. The second kappa shape index (κ2) is 4.54. The minimum atomic E-state index is 0.667. The fourth-order valence-electron chi connectivity index (χ4n) is 1.98. The van der Waals surface area contributed by atoms with Gasteiger partial charge in [0.25, 0.3) is 0 Å². The van der Waals surface area contributed by atoms with Gasteiger partial charge in [-0.25, -0.2) is 0 Å². The van der Waals surface area contributed by atoms with E-state index in [9.17, 15) is 0 Å². The minimum absolute atomic E-state index is 0.667. The van der Waals surface area contributed by atoms with Crippen LogP contribution in [0.1, 0.15) is 11.1 Å². The molecule has 0 unspecified atom stereocenters. The zero-order chi connectivity index (χ0) is 11.5. The van der Waals surface area contributed by atoms with Crippen molar-refractivity contribution in [1.29, 1.82) is 0 Å². The maximum absolute atomic E-state index is 5.58. The largest absolute Gasteiger partial charge is 0.496 e. The molecule has 0 radical (unpaired) electrons. The number of methoxy groups -OCH3 is 1. The molecule has 0 aliphatic carbocycles. The van der Waals surface area contributed by atoms with Gasteiger partial charge < -0.3 is 10.5 Å². The fraction of sp³-hybridized carbons (Fsp3) is 0.286. The van der Waals surface area contributed by atoms with Crippen molar-refractivity contribution in [3.8, 4) is 5.75 Å². The molecule has 0 saturated heterocycles. The highest BCUT2D eigenvalue weighted by Gasteiger charge is 2.04.